The van der Waals surface area contributed by atoms with Gasteiger partial charge in [0.15, 0.2) is 5.65 Å². The van der Waals surface area contributed by atoms with Crippen molar-refractivity contribution in [2.24, 2.45) is 5.73 Å². The van der Waals surface area contributed by atoms with Crippen molar-refractivity contribution >= 4 is 22.5 Å². The van der Waals surface area contributed by atoms with Gasteiger partial charge in [-0.05, 0) is 29.8 Å². The van der Waals surface area contributed by atoms with Gasteiger partial charge >= 0.3 is 5.69 Å². The van der Waals surface area contributed by atoms with E-state index in [1.54, 1.807) is 12.1 Å². The summed E-state index contributed by atoms with van der Waals surface area (Å²) < 4.78 is 0.429. The second-order valence-electron chi connectivity index (χ2n) is 4.46. The maximum atomic E-state index is 11.6. The van der Waals surface area contributed by atoms with Crippen LogP contribution in [0.4, 0.5) is 11.5 Å². The Morgan fingerprint density at radius 1 is 1.24 bits per heavy atom. The van der Waals surface area contributed by atoms with Gasteiger partial charge in [0.05, 0.1) is 5.39 Å². The molecule has 7 heteroatoms. The van der Waals surface area contributed by atoms with Crippen molar-refractivity contribution in [2.75, 3.05) is 5.32 Å². The number of nitrogens with two attached hydrogens (primary N) is 1. The molecule has 106 valence electrons. The van der Waals surface area contributed by atoms with Gasteiger partial charge in [0, 0.05) is 18.4 Å². The van der Waals surface area contributed by atoms with Crippen molar-refractivity contribution in [3.05, 3.63) is 58.6 Å². The van der Waals surface area contributed by atoms with Crippen LogP contribution < -0.4 is 16.7 Å². The van der Waals surface area contributed by atoms with Gasteiger partial charge in [0.2, 0.25) is 0 Å². The Morgan fingerprint density at radius 2 is 2.00 bits per heavy atom. The van der Waals surface area contributed by atoms with Crippen molar-refractivity contribution in [1.82, 2.24) is 14.7 Å². The molecule has 0 bridgehead atoms. The van der Waals surface area contributed by atoms with Crippen molar-refractivity contribution in [3.63, 3.8) is 0 Å². The quantitative estimate of drug-likeness (QED) is 0.624. The van der Waals surface area contributed by atoms with E-state index in [4.69, 9.17) is 5.73 Å². The van der Waals surface area contributed by atoms with Crippen molar-refractivity contribution in [3.8, 4) is 0 Å². The number of hydrogen-bond donors (Lipinski definition) is 3. The highest BCUT2D eigenvalue weighted by molar-refractivity contribution is 5.88. The molecule has 2 heterocycles. The van der Waals surface area contributed by atoms with E-state index < -0.39 is 5.69 Å². The molecule has 21 heavy (non-hydrogen) atoms. The van der Waals surface area contributed by atoms with E-state index in [1.807, 2.05) is 24.3 Å². The number of aromatic nitrogens is 3. The number of hydrogen-bond acceptors (Lipinski definition) is 6. The maximum absolute atomic E-state index is 11.6. The summed E-state index contributed by atoms with van der Waals surface area (Å²) in [4.78, 5) is 19.5. The Morgan fingerprint density at radius 3 is 2.71 bits per heavy atom. The van der Waals surface area contributed by atoms with Crippen LogP contribution in [0.2, 0.25) is 0 Å². The van der Waals surface area contributed by atoms with Gasteiger partial charge in [-0.3, -0.25) is 0 Å². The lowest BCUT2D eigenvalue weighted by atomic mass is 10.2. The van der Waals surface area contributed by atoms with E-state index in [0.717, 1.165) is 11.3 Å². The minimum atomic E-state index is -0.790. The van der Waals surface area contributed by atoms with E-state index in [9.17, 15) is 10.0 Å². The molecular weight excluding hydrogens is 270 g/mol. The fourth-order valence-electron chi connectivity index (χ4n) is 2.00. The number of benzene rings is 1. The maximum Gasteiger partial charge on any atom is 0.384 e. The van der Waals surface area contributed by atoms with Gasteiger partial charge in [-0.1, -0.05) is 12.1 Å². The Kier molecular flexibility index (Phi) is 3.25. The van der Waals surface area contributed by atoms with Crippen molar-refractivity contribution in [1.29, 1.82) is 0 Å². The normalized spacial score (nSPS) is 10.7. The lowest BCUT2D eigenvalue weighted by Gasteiger charge is -2.09. The summed E-state index contributed by atoms with van der Waals surface area (Å²) in [6, 6.07) is 10.9. The second kappa shape index (κ2) is 5.22. The molecule has 2 aromatic heterocycles. The molecule has 1 aromatic carbocycles. The number of nitrogens with zero attached hydrogens (tertiary/aromatic N) is 3. The highest BCUT2D eigenvalue weighted by Gasteiger charge is 2.10. The van der Waals surface area contributed by atoms with E-state index in [2.05, 4.69) is 15.3 Å². The summed E-state index contributed by atoms with van der Waals surface area (Å²) in [5, 5.41) is 13.2. The van der Waals surface area contributed by atoms with Gasteiger partial charge in [-0.25, -0.2) is 9.78 Å². The third-order valence-electron chi connectivity index (χ3n) is 3.08. The third kappa shape index (κ3) is 2.41. The Balaban J connectivity index is 2.07. The number of rotatable bonds is 3. The van der Waals surface area contributed by atoms with Crippen LogP contribution >= 0.6 is 0 Å². The Hall–Kier alpha value is -2.93. The predicted molar refractivity (Wildman–Crippen MR) is 78.6 cm³/mol. The molecule has 7 nitrogen and oxygen atoms in total. The van der Waals surface area contributed by atoms with Gasteiger partial charge in [-0.2, -0.15) is 4.98 Å². The van der Waals surface area contributed by atoms with Crippen molar-refractivity contribution < 1.29 is 5.21 Å². The molecule has 0 spiro atoms. The molecule has 0 radical (unpaired) electrons. The zero-order chi connectivity index (χ0) is 14.8. The van der Waals surface area contributed by atoms with Gasteiger partial charge in [0.1, 0.15) is 5.82 Å². The molecule has 0 saturated heterocycles. The number of fused-ring (bicyclic) bond motifs is 1. The van der Waals surface area contributed by atoms with Gasteiger partial charge in [0.25, 0.3) is 0 Å². The second-order valence-corrected chi connectivity index (χ2v) is 4.46. The van der Waals surface area contributed by atoms with Crippen LogP contribution in [0.5, 0.6) is 0 Å². The fraction of sp³-hybridized carbons (Fsp3) is 0.0714. The SMILES string of the molecule is NCc1ccc(Nc2nc(=O)n(O)c3ncccc23)cc1. The van der Waals surface area contributed by atoms with Crippen LogP contribution in [0, 0.1) is 0 Å². The van der Waals surface area contributed by atoms with E-state index in [-0.39, 0.29) is 5.65 Å². The predicted octanol–water partition coefficient (Wildman–Crippen LogP) is 1.23. The van der Waals surface area contributed by atoms with Gasteiger partial charge in [-0.15, -0.1) is 4.73 Å². The molecule has 0 aliphatic heterocycles. The molecule has 0 atom stereocenters. The summed E-state index contributed by atoms with van der Waals surface area (Å²) in [7, 11) is 0. The Bertz CT molecular complexity index is 842. The smallest absolute Gasteiger partial charge is 0.384 e. The highest BCUT2D eigenvalue weighted by Crippen LogP contribution is 2.21. The molecule has 4 N–H and O–H groups in total. The minimum Gasteiger partial charge on any atom is -0.422 e. The van der Waals surface area contributed by atoms with Crippen LogP contribution in [0.15, 0.2) is 47.4 Å². The first-order chi connectivity index (χ1) is 10.2. The van der Waals surface area contributed by atoms with Crippen LogP contribution in [0.3, 0.4) is 0 Å². The summed E-state index contributed by atoms with van der Waals surface area (Å²) in [6.45, 7) is 0.464. The molecule has 3 rings (SSSR count). The molecule has 0 aliphatic carbocycles. The van der Waals surface area contributed by atoms with Gasteiger partial charge < -0.3 is 16.3 Å². The van der Waals surface area contributed by atoms with Crippen LogP contribution in [0.1, 0.15) is 5.56 Å². The fourth-order valence-corrected chi connectivity index (χ4v) is 2.00. The minimum absolute atomic E-state index is 0.151. The largest absolute Gasteiger partial charge is 0.422 e. The zero-order valence-electron chi connectivity index (χ0n) is 11.0. The molecule has 3 aromatic rings. The van der Waals surface area contributed by atoms with Crippen LogP contribution in [-0.4, -0.2) is 19.9 Å². The zero-order valence-corrected chi connectivity index (χ0v) is 11.0. The van der Waals surface area contributed by atoms with Crippen LogP contribution in [-0.2, 0) is 6.54 Å². The average Bonchev–Trinajstić information content (AvgIpc) is 2.53. The molecule has 0 fully saturated rings. The topological polar surface area (TPSA) is 106 Å². The molecule has 0 aliphatic rings. The standard InChI is InChI=1S/C14H13N5O2/c15-8-9-3-5-10(6-4-9)17-12-11-2-1-7-16-13(11)19(21)14(20)18-12/h1-7,21H,8,15H2,(H,17,18,20). The average molecular weight is 283 g/mol. The summed E-state index contributed by atoms with van der Waals surface area (Å²) in [6.07, 6.45) is 1.49. The first kappa shape index (κ1) is 13.1. The molecule has 0 unspecified atom stereocenters. The molecular formula is C14H13N5O2. The van der Waals surface area contributed by atoms with E-state index in [1.165, 1.54) is 6.20 Å². The number of nitrogens with one attached hydrogen (secondary N) is 1. The van der Waals surface area contributed by atoms with E-state index in [0.29, 0.717) is 22.5 Å². The first-order valence-corrected chi connectivity index (χ1v) is 6.32. The highest BCUT2D eigenvalue weighted by atomic mass is 16.5. The number of pyridine rings is 1. The van der Waals surface area contributed by atoms with Crippen molar-refractivity contribution in [2.45, 2.75) is 6.54 Å². The number of anilines is 2. The summed E-state index contributed by atoms with van der Waals surface area (Å²) in [5.74, 6) is 0.342. The monoisotopic (exact) mass is 283 g/mol. The molecule has 0 saturated carbocycles. The van der Waals surface area contributed by atoms with E-state index >= 15 is 0 Å². The summed E-state index contributed by atoms with van der Waals surface area (Å²) in [5.41, 5.74) is 6.68. The lowest BCUT2D eigenvalue weighted by Crippen LogP contribution is -2.23. The Labute approximate surface area is 119 Å². The first-order valence-electron chi connectivity index (χ1n) is 6.32. The third-order valence-corrected chi connectivity index (χ3v) is 3.08. The summed E-state index contributed by atoms with van der Waals surface area (Å²) >= 11 is 0. The van der Waals surface area contributed by atoms with Crippen LogP contribution in [0.25, 0.3) is 11.0 Å². The molecule has 0 amide bonds. The lowest BCUT2D eigenvalue weighted by molar-refractivity contribution is 0.182.